The summed E-state index contributed by atoms with van der Waals surface area (Å²) in [5.41, 5.74) is 10.4. The van der Waals surface area contributed by atoms with Crippen molar-refractivity contribution in [3.8, 4) is 11.4 Å². The average Bonchev–Trinajstić information content (AvgIpc) is 4.11. The first-order chi connectivity index (χ1) is 31.3. The fourth-order valence-electron chi connectivity index (χ4n) is 9.08. The number of rotatable bonds is 4. The van der Waals surface area contributed by atoms with E-state index in [0.29, 0.717) is 0 Å². The second-order valence-corrected chi connectivity index (χ2v) is 17.0. The molecular formula is C44H50B2N4O16. The molecule has 20 nitrogen and oxygen atoms in total. The summed E-state index contributed by atoms with van der Waals surface area (Å²) in [4.78, 5) is 83.9. The SMILES string of the molecule is Cc1cc(C)c(-n2cc[n+](-c3c(C)cc(C)cc3C)c2)c(C)c1.O=C1O[B-]2(OC1=O)OC(=O)C(=O)O2.O=C1O[B-]2(OC1=O)OC(=O)C(=O)O2.c1c[n+](C2CCCCC2)cn1C1CCCCC1. The predicted octanol–water partition coefficient (Wildman–Crippen LogP) is 3.63. The molecule has 2 aromatic heterocycles. The molecule has 0 unspecified atom stereocenters. The lowest BCUT2D eigenvalue weighted by Crippen LogP contribution is -2.40. The van der Waals surface area contributed by atoms with Crippen LogP contribution in [0.5, 0.6) is 0 Å². The van der Waals surface area contributed by atoms with Gasteiger partial charge >= 0.3 is 61.7 Å². The van der Waals surface area contributed by atoms with E-state index in [9.17, 15) is 38.4 Å². The molecule has 2 saturated carbocycles. The standard InChI is InChI=1S/C21H25N2.C15H25N2.2C4BO8/c1-14-9-16(3)20(17(4)10-14)22-7-8-23(13-22)21-18(5)11-15(2)12-19(21)6;1-3-7-14(8-4-1)16-11-12-17(13-16)15-9-5-2-6-10-15;2*6-1-2(7)11-5(10-1)12-3(8)4(9)13-5/h7-13H,1-6H3;11-15H,1-10H2;;/q2*+1;2*-1. The zero-order valence-electron chi connectivity index (χ0n) is 37.5. The highest BCUT2D eigenvalue weighted by Crippen LogP contribution is 2.30. The Kier molecular flexibility index (Phi) is 13.5. The van der Waals surface area contributed by atoms with Crippen molar-refractivity contribution >= 4 is 61.7 Å². The summed E-state index contributed by atoms with van der Waals surface area (Å²) in [5.74, 6) is -11.0. The summed E-state index contributed by atoms with van der Waals surface area (Å²) in [6, 6.07) is 10.6. The molecule has 66 heavy (non-hydrogen) atoms. The molecule has 0 atom stereocenters. The molecule has 0 amide bonds. The Morgan fingerprint density at radius 3 is 1.26 bits per heavy atom. The molecule has 348 valence electrons. The Labute approximate surface area is 379 Å². The number of carbonyl (C=O) groups excluding carboxylic acids is 8. The van der Waals surface area contributed by atoms with Crippen molar-refractivity contribution < 1.29 is 84.7 Å². The zero-order valence-corrected chi connectivity index (χ0v) is 37.5. The van der Waals surface area contributed by atoms with Crippen LogP contribution < -0.4 is 9.13 Å². The average molecular weight is 913 g/mol. The summed E-state index contributed by atoms with van der Waals surface area (Å²) in [6.07, 6.45) is 27.6. The Morgan fingerprint density at radius 2 is 0.848 bits per heavy atom. The van der Waals surface area contributed by atoms with Crippen LogP contribution >= 0.6 is 0 Å². The number of benzene rings is 2. The molecule has 2 aromatic carbocycles. The molecule has 6 aliphatic rings. The van der Waals surface area contributed by atoms with Crippen LogP contribution in [0.15, 0.2) is 61.7 Å². The van der Waals surface area contributed by atoms with Gasteiger partial charge in [-0.15, -0.1) is 0 Å². The van der Waals surface area contributed by atoms with Gasteiger partial charge in [-0.05, 0) is 115 Å². The summed E-state index contributed by atoms with van der Waals surface area (Å²) >= 11 is 0. The van der Waals surface area contributed by atoms with Gasteiger partial charge in [-0.25, -0.2) is 56.6 Å². The highest BCUT2D eigenvalue weighted by atomic mass is 17.0. The van der Waals surface area contributed by atoms with Gasteiger partial charge in [0.05, 0.1) is 0 Å². The second-order valence-electron chi connectivity index (χ2n) is 17.0. The topological polar surface area (TPSA) is 228 Å². The van der Waals surface area contributed by atoms with E-state index in [4.69, 9.17) is 0 Å². The van der Waals surface area contributed by atoms with Gasteiger partial charge in [-0.2, -0.15) is 0 Å². The molecule has 6 heterocycles. The maximum atomic E-state index is 10.5. The Morgan fingerprint density at radius 1 is 0.470 bits per heavy atom. The van der Waals surface area contributed by atoms with Crippen molar-refractivity contribution in [1.82, 2.24) is 9.13 Å². The third kappa shape index (κ3) is 10.3. The van der Waals surface area contributed by atoms with Crippen LogP contribution in [0.25, 0.3) is 11.4 Å². The molecule has 4 aliphatic heterocycles. The van der Waals surface area contributed by atoms with Crippen molar-refractivity contribution in [2.75, 3.05) is 0 Å². The van der Waals surface area contributed by atoms with Crippen LogP contribution in [0.1, 0.15) is 110 Å². The van der Waals surface area contributed by atoms with Crippen LogP contribution in [-0.4, -0.2) is 70.8 Å². The van der Waals surface area contributed by atoms with Gasteiger partial charge in [0, 0.05) is 0 Å². The first kappa shape index (κ1) is 46.7. The van der Waals surface area contributed by atoms with Crippen LogP contribution in [0, 0.1) is 41.5 Å². The van der Waals surface area contributed by atoms with E-state index in [1.807, 2.05) is 0 Å². The van der Waals surface area contributed by atoms with Gasteiger partial charge in [-0.3, -0.25) is 0 Å². The molecule has 0 bridgehead atoms. The summed E-state index contributed by atoms with van der Waals surface area (Å²) in [6.45, 7) is 6.44. The summed E-state index contributed by atoms with van der Waals surface area (Å²) in [5, 5.41) is 0. The van der Waals surface area contributed by atoms with Crippen molar-refractivity contribution in [3.63, 3.8) is 0 Å². The lowest BCUT2D eigenvalue weighted by molar-refractivity contribution is -0.725. The van der Waals surface area contributed by atoms with E-state index in [2.05, 4.69) is 159 Å². The highest BCUT2D eigenvalue weighted by Gasteiger charge is 2.61. The predicted molar refractivity (Wildman–Crippen MR) is 225 cm³/mol. The van der Waals surface area contributed by atoms with E-state index in [1.54, 1.807) is 0 Å². The monoisotopic (exact) mass is 912 g/mol. The molecule has 0 radical (unpaired) electrons. The third-order valence-electron chi connectivity index (χ3n) is 11.8. The first-order valence-electron chi connectivity index (χ1n) is 21.8. The van der Waals surface area contributed by atoms with Crippen molar-refractivity contribution in [2.45, 2.75) is 118 Å². The maximum Gasteiger partial charge on any atom is 0.786 e. The van der Waals surface area contributed by atoms with Crippen LogP contribution in [0.2, 0.25) is 0 Å². The van der Waals surface area contributed by atoms with E-state index in [1.165, 1.54) is 109 Å². The summed E-state index contributed by atoms with van der Waals surface area (Å²) < 4.78 is 42.4. The van der Waals surface area contributed by atoms with Gasteiger partial charge in [0.15, 0.2) is 0 Å². The number of aryl methyl sites for hydroxylation is 6. The highest BCUT2D eigenvalue weighted by molar-refractivity contribution is 6.74. The van der Waals surface area contributed by atoms with E-state index >= 15 is 0 Å². The maximum absolute atomic E-state index is 10.5. The zero-order chi connectivity index (χ0) is 47.5. The molecule has 2 aliphatic carbocycles. The van der Waals surface area contributed by atoms with Crippen LogP contribution in [0.4, 0.5) is 0 Å². The van der Waals surface area contributed by atoms with Crippen LogP contribution in [0.3, 0.4) is 0 Å². The summed E-state index contributed by atoms with van der Waals surface area (Å²) in [7, 11) is 0. The van der Waals surface area contributed by atoms with Crippen LogP contribution in [-0.2, 0) is 75.6 Å². The van der Waals surface area contributed by atoms with Gasteiger partial charge in [0.25, 0.3) is 6.33 Å². The van der Waals surface area contributed by atoms with Crippen molar-refractivity contribution in [2.24, 2.45) is 0 Å². The lowest BCUT2D eigenvalue weighted by atomic mass is 9.95. The van der Waals surface area contributed by atoms with Gasteiger partial charge < -0.3 is 37.2 Å². The molecule has 6 fully saturated rings. The van der Waals surface area contributed by atoms with Crippen molar-refractivity contribution in [3.05, 3.63) is 95.1 Å². The minimum absolute atomic E-state index is 0.786. The first-order valence-corrected chi connectivity index (χ1v) is 21.8. The fourth-order valence-corrected chi connectivity index (χ4v) is 9.08. The molecule has 4 aromatic rings. The van der Waals surface area contributed by atoms with Gasteiger partial charge in [0.1, 0.15) is 48.2 Å². The van der Waals surface area contributed by atoms with E-state index in [-0.39, 0.29) is 0 Å². The number of hydrogen-bond acceptors (Lipinski definition) is 16. The fraction of sp³-hybridized carbons (Fsp3) is 0.409. The Balaban J connectivity index is 0.000000135. The molecule has 10 rings (SSSR count). The molecular weight excluding hydrogens is 862 g/mol. The quantitative estimate of drug-likeness (QED) is 0.162. The van der Waals surface area contributed by atoms with Crippen molar-refractivity contribution in [1.29, 1.82) is 0 Å². The lowest BCUT2D eigenvalue weighted by Gasteiger charge is -2.21. The Hall–Kier alpha value is -7.25. The molecule has 22 heteroatoms. The van der Waals surface area contributed by atoms with E-state index in [0.717, 1.165) is 12.1 Å². The minimum Gasteiger partial charge on any atom is -0.576 e. The molecule has 0 N–H and O–H groups in total. The number of nitrogens with zero attached hydrogens (tertiary/aromatic N) is 4. The molecule has 2 spiro atoms. The second kappa shape index (κ2) is 19.1. The number of aromatic nitrogens is 4. The van der Waals surface area contributed by atoms with E-state index < -0.39 is 61.7 Å². The normalized spacial score (nSPS) is 19.5. The van der Waals surface area contributed by atoms with Gasteiger partial charge in [0.2, 0.25) is 6.33 Å². The number of imidazole rings is 2. The third-order valence-corrected chi connectivity index (χ3v) is 11.8. The minimum atomic E-state index is -3.30. The number of hydrogen-bond donors (Lipinski definition) is 0. The Bertz CT molecular complexity index is 2270. The van der Waals surface area contributed by atoms with Gasteiger partial charge in [-0.1, -0.05) is 48.2 Å². The smallest absolute Gasteiger partial charge is 0.576 e. The number of carbonyl (C=O) groups is 8. The largest absolute Gasteiger partial charge is 0.786 e. The molecule has 4 saturated heterocycles.